The minimum absolute atomic E-state index is 0.326. The number of anilines is 1. The predicted octanol–water partition coefficient (Wildman–Crippen LogP) is -1.71. The normalized spacial score (nSPS) is 10.1. The standard InChI is InChI=1S/C6H9N5O4/c1-9-5(12)3(11(14)15)4(10(2)7)8-6(9)13/h7H2,1-2H3,(H,8,13). The topological polar surface area (TPSA) is 127 Å². The van der Waals surface area contributed by atoms with Crippen molar-refractivity contribution in [2.75, 3.05) is 12.1 Å². The molecule has 0 aromatic carbocycles. The molecule has 1 rings (SSSR count). The number of aromatic nitrogens is 2. The average molecular weight is 215 g/mol. The molecule has 0 radical (unpaired) electrons. The van der Waals surface area contributed by atoms with Gasteiger partial charge in [-0.15, -0.1) is 0 Å². The number of hydrazine groups is 1. The molecule has 0 saturated heterocycles. The number of rotatable bonds is 2. The Morgan fingerprint density at radius 1 is 1.53 bits per heavy atom. The molecule has 0 saturated carbocycles. The molecule has 82 valence electrons. The van der Waals surface area contributed by atoms with Crippen LogP contribution in [0, 0.1) is 10.1 Å². The zero-order valence-electron chi connectivity index (χ0n) is 8.05. The van der Waals surface area contributed by atoms with Crippen LogP contribution in [0.4, 0.5) is 11.5 Å². The Balaban J connectivity index is 3.74. The fraction of sp³-hybridized carbons (Fsp3) is 0.333. The fourth-order valence-corrected chi connectivity index (χ4v) is 1.02. The molecule has 3 N–H and O–H groups in total. The highest BCUT2D eigenvalue weighted by molar-refractivity contribution is 5.54. The zero-order chi connectivity index (χ0) is 11.7. The molecule has 0 aliphatic heterocycles. The smallest absolute Gasteiger partial charge is 0.293 e. The first-order valence-electron chi connectivity index (χ1n) is 3.82. The summed E-state index contributed by atoms with van der Waals surface area (Å²) < 4.78 is 0.602. The predicted molar refractivity (Wildman–Crippen MR) is 51.5 cm³/mol. The Morgan fingerprint density at radius 2 is 2.07 bits per heavy atom. The molecule has 1 heterocycles. The van der Waals surface area contributed by atoms with Crippen molar-refractivity contribution in [3.8, 4) is 0 Å². The second-order valence-corrected chi connectivity index (χ2v) is 2.86. The first-order chi connectivity index (χ1) is 6.86. The van der Waals surface area contributed by atoms with Gasteiger partial charge in [0.1, 0.15) is 0 Å². The molecular weight excluding hydrogens is 206 g/mol. The van der Waals surface area contributed by atoms with E-state index in [9.17, 15) is 19.7 Å². The van der Waals surface area contributed by atoms with Gasteiger partial charge in [-0.1, -0.05) is 0 Å². The van der Waals surface area contributed by atoms with E-state index in [2.05, 4.69) is 4.98 Å². The molecule has 9 heteroatoms. The number of nitrogens with two attached hydrogens (primary N) is 1. The number of aromatic amines is 1. The Bertz CT molecular complexity index is 513. The summed E-state index contributed by atoms with van der Waals surface area (Å²) >= 11 is 0. The van der Waals surface area contributed by atoms with E-state index in [4.69, 9.17) is 5.84 Å². The maximum atomic E-state index is 11.4. The molecular formula is C6H9N5O4. The van der Waals surface area contributed by atoms with Gasteiger partial charge in [-0.25, -0.2) is 10.6 Å². The number of hydrogen-bond donors (Lipinski definition) is 2. The minimum atomic E-state index is -1.00. The summed E-state index contributed by atoms with van der Waals surface area (Å²) in [5, 5.41) is 11.4. The van der Waals surface area contributed by atoms with Crippen LogP contribution in [0.25, 0.3) is 0 Å². The number of hydrogen-bond acceptors (Lipinski definition) is 6. The maximum absolute atomic E-state index is 11.4. The van der Waals surface area contributed by atoms with E-state index in [1.54, 1.807) is 0 Å². The zero-order valence-corrected chi connectivity index (χ0v) is 8.05. The van der Waals surface area contributed by atoms with Gasteiger partial charge in [0.15, 0.2) is 0 Å². The molecule has 1 aromatic rings. The van der Waals surface area contributed by atoms with Crippen LogP contribution < -0.4 is 22.1 Å². The number of H-pyrrole nitrogens is 1. The van der Waals surface area contributed by atoms with Gasteiger partial charge in [0.05, 0.1) is 4.92 Å². The Morgan fingerprint density at radius 3 is 2.47 bits per heavy atom. The van der Waals surface area contributed by atoms with E-state index in [1.165, 1.54) is 7.05 Å². The molecule has 0 spiro atoms. The van der Waals surface area contributed by atoms with Crippen LogP contribution in [0.3, 0.4) is 0 Å². The van der Waals surface area contributed by atoms with Crippen LogP contribution in [0.15, 0.2) is 9.59 Å². The molecule has 0 unspecified atom stereocenters. The van der Waals surface area contributed by atoms with Gasteiger partial charge < -0.3 is 0 Å². The van der Waals surface area contributed by atoms with Crippen LogP contribution in [-0.2, 0) is 7.05 Å². The van der Waals surface area contributed by atoms with Crippen LogP contribution in [0.2, 0.25) is 0 Å². The van der Waals surface area contributed by atoms with Gasteiger partial charge in [0.2, 0.25) is 5.82 Å². The first kappa shape index (κ1) is 10.9. The third-order valence-electron chi connectivity index (χ3n) is 1.80. The van der Waals surface area contributed by atoms with Crippen molar-refractivity contribution >= 4 is 11.5 Å². The highest BCUT2D eigenvalue weighted by Gasteiger charge is 2.24. The van der Waals surface area contributed by atoms with E-state index in [-0.39, 0.29) is 5.82 Å². The van der Waals surface area contributed by atoms with E-state index >= 15 is 0 Å². The summed E-state index contributed by atoms with van der Waals surface area (Å²) in [6.07, 6.45) is 0. The molecule has 0 aliphatic carbocycles. The van der Waals surface area contributed by atoms with Crippen molar-refractivity contribution in [1.29, 1.82) is 0 Å². The van der Waals surface area contributed by atoms with Gasteiger partial charge in [-0.05, 0) is 0 Å². The van der Waals surface area contributed by atoms with Crippen LogP contribution in [0.1, 0.15) is 0 Å². The molecule has 9 nitrogen and oxygen atoms in total. The van der Waals surface area contributed by atoms with Crippen molar-refractivity contribution in [3.05, 3.63) is 31.0 Å². The van der Waals surface area contributed by atoms with Crippen molar-refractivity contribution in [2.45, 2.75) is 0 Å². The molecule has 0 atom stereocenters. The van der Waals surface area contributed by atoms with E-state index in [0.29, 0.717) is 4.57 Å². The SMILES string of the molecule is CN(N)c1[nH]c(=O)n(C)c(=O)c1[N+](=O)[O-]. The lowest BCUT2D eigenvalue weighted by molar-refractivity contribution is -0.386. The van der Waals surface area contributed by atoms with E-state index < -0.39 is 21.9 Å². The monoisotopic (exact) mass is 215 g/mol. The van der Waals surface area contributed by atoms with E-state index in [1.807, 2.05) is 0 Å². The highest BCUT2D eigenvalue weighted by atomic mass is 16.6. The van der Waals surface area contributed by atoms with Crippen molar-refractivity contribution in [3.63, 3.8) is 0 Å². The average Bonchev–Trinajstić information content (AvgIpc) is 2.12. The van der Waals surface area contributed by atoms with Crippen LogP contribution in [0.5, 0.6) is 0 Å². The molecule has 0 fully saturated rings. The van der Waals surface area contributed by atoms with Gasteiger partial charge in [-0.2, -0.15) is 0 Å². The van der Waals surface area contributed by atoms with Crippen LogP contribution in [-0.4, -0.2) is 21.5 Å². The van der Waals surface area contributed by atoms with Gasteiger partial charge >= 0.3 is 16.9 Å². The number of nitrogens with one attached hydrogen (secondary N) is 1. The molecule has 0 aliphatic rings. The van der Waals surface area contributed by atoms with Crippen molar-refractivity contribution in [2.24, 2.45) is 12.9 Å². The Labute approximate surface area is 82.9 Å². The third-order valence-corrected chi connectivity index (χ3v) is 1.80. The molecule has 0 amide bonds. The summed E-state index contributed by atoms with van der Waals surface area (Å²) in [4.78, 5) is 34.4. The second-order valence-electron chi connectivity index (χ2n) is 2.86. The molecule has 1 aromatic heterocycles. The maximum Gasteiger partial charge on any atom is 0.375 e. The fourth-order valence-electron chi connectivity index (χ4n) is 1.02. The lowest BCUT2D eigenvalue weighted by Gasteiger charge is -2.11. The lowest BCUT2D eigenvalue weighted by atomic mass is 10.4. The second kappa shape index (κ2) is 3.53. The number of nitro groups is 1. The van der Waals surface area contributed by atoms with Gasteiger partial charge in [-0.3, -0.25) is 29.5 Å². The largest absolute Gasteiger partial charge is 0.375 e. The van der Waals surface area contributed by atoms with Gasteiger partial charge in [0.25, 0.3) is 0 Å². The van der Waals surface area contributed by atoms with Crippen molar-refractivity contribution in [1.82, 2.24) is 9.55 Å². The number of nitrogens with zero attached hydrogens (tertiary/aromatic N) is 3. The Kier molecular flexibility index (Phi) is 2.57. The first-order valence-corrected chi connectivity index (χ1v) is 3.82. The lowest BCUT2D eigenvalue weighted by Crippen LogP contribution is -2.38. The summed E-state index contributed by atoms with van der Waals surface area (Å²) in [5.41, 5.74) is -2.53. The third kappa shape index (κ3) is 1.72. The summed E-state index contributed by atoms with van der Waals surface area (Å²) in [5.74, 6) is 4.92. The highest BCUT2D eigenvalue weighted by Crippen LogP contribution is 2.15. The Hall–Kier alpha value is -2.16. The minimum Gasteiger partial charge on any atom is -0.293 e. The molecule has 0 bridgehead atoms. The van der Waals surface area contributed by atoms with E-state index in [0.717, 1.165) is 12.1 Å². The quantitative estimate of drug-likeness (QED) is 0.343. The van der Waals surface area contributed by atoms with Gasteiger partial charge in [0, 0.05) is 14.1 Å². The summed E-state index contributed by atoms with van der Waals surface area (Å²) in [6.45, 7) is 0. The van der Waals surface area contributed by atoms with Crippen LogP contribution >= 0.6 is 0 Å². The van der Waals surface area contributed by atoms with Crippen molar-refractivity contribution < 1.29 is 4.92 Å². The summed E-state index contributed by atoms with van der Waals surface area (Å²) in [7, 11) is 2.41. The molecule has 15 heavy (non-hydrogen) atoms. The summed E-state index contributed by atoms with van der Waals surface area (Å²) in [6, 6.07) is 0.